The van der Waals surface area contributed by atoms with Crippen LogP contribution in [0, 0.1) is 11.8 Å². The van der Waals surface area contributed by atoms with E-state index in [1.165, 1.54) is 0 Å². The van der Waals surface area contributed by atoms with Crippen LogP contribution in [0.5, 0.6) is 11.5 Å². The lowest BCUT2D eigenvalue weighted by atomic mass is 9.88. The van der Waals surface area contributed by atoms with Crippen molar-refractivity contribution in [3.63, 3.8) is 0 Å². The van der Waals surface area contributed by atoms with E-state index in [4.69, 9.17) is 14.2 Å². The van der Waals surface area contributed by atoms with E-state index in [1.54, 1.807) is 73.3 Å². The zero-order valence-electron chi connectivity index (χ0n) is 29.2. The van der Waals surface area contributed by atoms with Crippen molar-refractivity contribution in [2.45, 2.75) is 90.4 Å². The Kier molecular flexibility index (Phi) is 13.9. The van der Waals surface area contributed by atoms with Gasteiger partial charge in [-0.1, -0.05) is 26.2 Å². The number of aliphatic hydroxyl groups is 1. The summed E-state index contributed by atoms with van der Waals surface area (Å²) in [5.74, 6) is 0.598. The minimum Gasteiger partial charge on any atom is -0.497 e. The van der Waals surface area contributed by atoms with Crippen LogP contribution in [-0.4, -0.2) is 91.5 Å². The van der Waals surface area contributed by atoms with E-state index >= 15 is 0 Å². The number of ether oxygens (including phenoxy) is 3. The monoisotopic (exact) mass is 666 g/mol. The number of hydrogen-bond acceptors (Lipinski definition) is 7. The first-order chi connectivity index (χ1) is 23.1. The van der Waals surface area contributed by atoms with Crippen molar-refractivity contribution in [3.05, 3.63) is 48.0 Å². The summed E-state index contributed by atoms with van der Waals surface area (Å²) in [7, 11) is 3.31. The van der Waals surface area contributed by atoms with Crippen LogP contribution in [0.2, 0.25) is 0 Å². The summed E-state index contributed by atoms with van der Waals surface area (Å²) in [4.78, 5) is 43.8. The van der Waals surface area contributed by atoms with E-state index in [0.29, 0.717) is 41.6 Å². The lowest BCUT2D eigenvalue weighted by Crippen LogP contribution is -2.48. The van der Waals surface area contributed by atoms with Gasteiger partial charge in [-0.15, -0.1) is 0 Å². The zero-order chi connectivity index (χ0) is 34.6. The van der Waals surface area contributed by atoms with E-state index in [1.807, 2.05) is 13.8 Å². The second kappa shape index (κ2) is 18.1. The quantitative estimate of drug-likeness (QED) is 0.307. The third-order valence-electron chi connectivity index (χ3n) is 9.44. The SMILES string of the molecule is COc1ccc(NC(=O)N(C)C[C@@H]2OCCCC[C@@H](C)Oc3ccc(NC(=O)C4CCCCC4)cc3C(=O)N([C@H](C)CO)C[C@@H]2C)cc1. The molecule has 2 aromatic rings. The fourth-order valence-electron chi connectivity index (χ4n) is 6.32. The van der Waals surface area contributed by atoms with Gasteiger partial charge >= 0.3 is 6.03 Å². The molecule has 0 radical (unpaired) electrons. The fraction of sp³-hybridized carbons (Fsp3) is 0.595. The van der Waals surface area contributed by atoms with E-state index in [9.17, 15) is 19.5 Å². The number of anilines is 2. The Balaban J connectivity index is 1.56. The molecular formula is C37H54N4O7. The van der Waals surface area contributed by atoms with Gasteiger partial charge in [-0.25, -0.2) is 4.79 Å². The van der Waals surface area contributed by atoms with Gasteiger partial charge in [-0.05, 0) is 88.4 Å². The van der Waals surface area contributed by atoms with Crippen LogP contribution in [0.1, 0.15) is 82.5 Å². The molecule has 0 spiro atoms. The number of nitrogens with zero attached hydrogens (tertiary/aromatic N) is 2. The van der Waals surface area contributed by atoms with Gasteiger partial charge in [0.05, 0.1) is 37.5 Å². The van der Waals surface area contributed by atoms with Crippen LogP contribution >= 0.6 is 0 Å². The molecule has 0 bridgehead atoms. The van der Waals surface area contributed by atoms with Crippen molar-refractivity contribution in [1.82, 2.24) is 9.80 Å². The molecule has 4 rings (SSSR count). The van der Waals surface area contributed by atoms with Gasteiger partial charge in [0, 0.05) is 50.0 Å². The fourth-order valence-corrected chi connectivity index (χ4v) is 6.32. The topological polar surface area (TPSA) is 130 Å². The van der Waals surface area contributed by atoms with Crippen LogP contribution in [0.4, 0.5) is 16.2 Å². The maximum atomic E-state index is 14.4. The van der Waals surface area contributed by atoms with Crippen molar-refractivity contribution in [2.75, 3.05) is 51.1 Å². The molecule has 0 aromatic heterocycles. The highest BCUT2D eigenvalue weighted by atomic mass is 16.5. The maximum Gasteiger partial charge on any atom is 0.321 e. The normalized spacial score (nSPS) is 22.0. The van der Waals surface area contributed by atoms with Crippen molar-refractivity contribution in [3.8, 4) is 11.5 Å². The Morgan fingerprint density at radius 3 is 2.38 bits per heavy atom. The van der Waals surface area contributed by atoms with Crippen LogP contribution in [-0.2, 0) is 9.53 Å². The van der Waals surface area contributed by atoms with Crippen LogP contribution < -0.4 is 20.1 Å². The third-order valence-corrected chi connectivity index (χ3v) is 9.44. The van der Waals surface area contributed by atoms with Gasteiger partial charge in [0.1, 0.15) is 11.5 Å². The molecule has 1 aliphatic carbocycles. The average Bonchev–Trinajstić information content (AvgIpc) is 3.10. The molecule has 4 amide bonds. The second-order valence-corrected chi connectivity index (χ2v) is 13.4. The molecule has 11 heteroatoms. The maximum absolute atomic E-state index is 14.4. The number of carbonyl (C=O) groups is 3. The van der Waals surface area contributed by atoms with Gasteiger partial charge in [-0.2, -0.15) is 0 Å². The van der Waals surface area contributed by atoms with Crippen molar-refractivity contribution in [1.29, 1.82) is 0 Å². The standard InChI is InChI=1S/C37H54N4O7/c1-25-22-41(26(2)24-42)36(44)32-21-30(38-35(43)28-12-7-6-8-13-28)16-19-33(32)48-27(3)11-9-10-20-47-34(25)23-40(4)37(45)39-29-14-17-31(46-5)18-15-29/h14-19,21,25-28,34,42H,6-13,20,22-24H2,1-5H3,(H,38,43)(H,39,45)/t25-,26+,27+,34-/m0/s1. The number of carbonyl (C=O) groups excluding carboxylic acids is 3. The molecule has 0 unspecified atom stereocenters. The first-order valence-electron chi connectivity index (χ1n) is 17.4. The van der Waals surface area contributed by atoms with Gasteiger partial charge in [-0.3, -0.25) is 9.59 Å². The molecule has 0 saturated heterocycles. The average molecular weight is 667 g/mol. The number of methoxy groups -OCH3 is 1. The van der Waals surface area contributed by atoms with Crippen molar-refractivity contribution < 1.29 is 33.7 Å². The molecule has 264 valence electrons. The van der Waals surface area contributed by atoms with Crippen LogP contribution in [0.3, 0.4) is 0 Å². The number of fused-ring (bicyclic) bond motifs is 1. The van der Waals surface area contributed by atoms with Crippen LogP contribution in [0.25, 0.3) is 0 Å². The van der Waals surface area contributed by atoms with Crippen molar-refractivity contribution >= 4 is 29.2 Å². The summed E-state index contributed by atoms with van der Waals surface area (Å²) in [5.41, 5.74) is 1.53. The largest absolute Gasteiger partial charge is 0.497 e. The minimum absolute atomic E-state index is 0.0216. The Hall–Kier alpha value is -3.83. The molecule has 4 atom stereocenters. The highest BCUT2D eigenvalue weighted by Crippen LogP contribution is 2.30. The summed E-state index contributed by atoms with van der Waals surface area (Å²) in [5, 5.41) is 16.2. The minimum atomic E-state index is -0.504. The van der Waals surface area contributed by atoms with E-state index in [2.05, 4.69) is 10.6 Å². The predicted octanol–water partition coefficient (Wildman–Crippen LogP) is 6.17. The number of urea groups is 1. The number of aliphatic hydroxyl groups excluding tert-OH is 1. The number of likely N-dealkylation sites (N-methyl/N-ethyl adjacent to an activating group) is 1. The van der Waals surface area contributed by atoms with Gasteiger partial charge in [0.2, 0.25) is 5.91 Å². The molecule has 48 heavy (non-hydrogen) atoms. The summed E-state index contributed by atoms with van der Waals surface area (Å²) < 4.78 is 17.9. The third kappa shape index (κ3) is 10.3. The first kappa shape index (κ1) is 37.0. The summed E-state index contributed by atoms with van der Waals surface area (Å²) in [6.07, 6.45) is 6.90. The molecular weight excluding hydrogens is 612 g/mol. The summed E-state index contributed by atoms with van der Waals surface area (Å²) in [6, 6.07) is 11.6. The van der Waals surface area contributed by atoms with E-state index in [0.717, 1.165) is 51.4 Å². The van der Waals surface area contributed by atoms with E-state index in [-0.39, 0.29) is 55.0 Å². The molecule has 1 aliphatic heterocycles. The van der Waals surface area contributed by atoms with Crippen molar-refractivity contribution in [2.24, 2.45) is 11.8 Å². The number of rotatable bonds is 8. The second-order valence-electron chi connectivity index (χ2n) is 13.4. The van der Waals surface area contributed by atoms with E-state index < -0.39 is 6.04 Å². The number of hydrogen-bond donors (Lipinski definition) is 3. The number of amides is 4. The molecule has 2 aromatic carbocycles. The highest BCUT2D eigenvalue weighted by molar-refractivity contribution is 6.00. The Labute approximate surface area is 285 Å². The molecule has 11 nitrogen and oxygen atoms in total. The van der Waals surface area contributed by atoms with Gasteiger partial charge < -0.3 is 39.8 Å². The lowest BCUT2D eigenvalue weighted by molar-refractivity contribution is -0.120. The predicted molar refractivity (Wildman–Crippen MR) is 187 cm³/mol. The van der Waals surface area contributed by atoms with Crippen LogP contribution in [0.15, 0.2) is 42.5 Å². The molecule has 1 fully saturated rings. The first-order valence-corrected chi connectivity index (χ1v) is 17.4. The smallest absolute Gasteiger partial charge is 0.321 e. The number of nitrogens with one attached hydrogen (secondary N) is 2. The Bertz CT molecular complexity index is 1350. The molecule has 3 N–H and O–H groups in total. The Morgan fingerprint density at radius 2 is 1.69 bits per heavy atom. The van der Waals surface area contributed by atoms with Gasteiger partial charge in [0.15, 0.2) is 0 Å². The van der Waals surface area contributed by atoms with Gasteiger partial charge in [0.25, 0.3) is 5.91 Å². The Morgan fingerprint density at radius 1 is 1.00 bits per heavy atom. The highest BCUT2D eigenvalue weighted by Gasteiger charge is 2.31. The lowest BCUT2D eigenvalue weighted by Gasteiger charge is -2.35. The number of benzene rings is 2. The zero-order valence-corrected chi connectivity index (χ0v) is 29.2. The molecule has 2 aliphatic rings. The molecule has 1 heterocycles. The summed E-state index contributed by atoms with van der Waals surface area (Å²) >= 11 is 0. The molecule has 1 saturated carbocycles. The summed E-state index contributed by atoms with van der Waals surface area (Å²) in [6.45, 7) is 6.61.